The van der Waals surface area contributed by atoms with Crippen molar-refractivity contribution in [2.24, 2.45) is 23.2 Å². The summed E-state index contributed by atoms with van der Waals surface area (Å²) in [5.74, 6) is 1.93. The van der Waals surface area contributed by atoms with Crippen LogP contribution in [0.5, 0.6) is 0 Å². The summed E-state index contributed by atoms with van der Waals surface area (Å²) in [5.41, 5.74) is 3.20. The van der Waals surface area contributed by atoms with Gasteiger partial charge in [-0.25, -0.2) is 4.98 Å². The van der Waals surface area contributed by atoms with E-state index in [1.165, 1.54) is 6.42 Å². The van der Waals surface area contributed by atoms with E-state index in [4.69, 9.17) is 9.72 Å². The molecule has 2 aromatic heterocycles. The maximum absolute atomic E-state index is 6.25. The van der Waals surface area contributed by atoms with E-state index in [9.17, 15) is 0 Å². The minimum absolute atomic E-state index is 0.279. The molecule has 0 unspecified atom stereocenters. The molecule has 2 heterocycles. The van der Waals surface area contributed by atoms with Crippen LogP contribution in [0.2, 0.25) is 0 Å². The lowest BCUT2D eigenvalue weighted by atomic mass is 9.80. The summed E-state index contributed by atoms with van der Waals surface area (Å²) in [4.78, 5) is 9.74. The molecule has 0 bridgehead atoms. The number of rotatable bonds is 3. The van der Waals surface area contributed by atoms with Gasteiger partial charge in [0, 0.05) is 24.1 Å². The predicted molar refractivity (Wildman–Crippen MR) is 105 cm³/mol. The third-order valence-corrected chi connectivity index (χ3v) is 7.49. The number of hydrogen-bond acceptors (Lipinski definition) is 3. The van der Waals surface area contributed by atoms with Gasteiger partial charge in [-0.1, -0.05) is 45.0 Å². The quantitative estimate of drug-likeness (QED) is 0.602. The van der Waals surface area contributed by atoms with Crippen molar-refractivity contribution in [2.45, 2.75) is 39.2 Å². The van der Waals surface area contributed by atoms with Gasteiger partial charge in [-0.15, -0.1) is 0 Å². The van der Waals surface area contributed by atoms with Crippen LogP contribution < -0.4 is 0 Å². The SMILES string of the molecule is CO[C@]1(c2ccc3ccc4cccnc4c3n2)C[C@]2(C(C)C)C[C@@H]2[C@@H]1C. The molecule has 26 heavy (non-hydrogen) atoms. The van der Waals surface area contributed by atoms with Crippen LogP contribution in [-0.4, -0.2) is 17.1 Å². The first-order valence-corrected chi connectivity index (χ1v) is 9.72. The molecule has 3 nitrogen and oxygen atoms in total. The van der Waals surface area contributed by atoms with Crippen LogP contribution in [0.15, 0.2) is 42.6 Å². The Morgan fingerprint density at radius 3 is 2.50 bits per heavy atom. The van der Waals surface area contributed by atoms with Crippen LogP contribution in [0.3, 0.4) is 0 Å². The average Bonchev–Trinajstić information content (AvgIpc) is 3.35. The molecule has 3 heteroatoms. The van der Waals surface area contributed by atoms with Crippen LogP contribution in [0, 0.1) is 23.2 Å². The van der Waals surface area contributed by atoms with Crippen LogP contribution in [0.4, 0.5) is 0 Å². The molecule has 1 aromatic carbocycles. The first kappa shape index (κ1) is 16.2. The summed E-state index contributed by atoms with van der Waals surface area (Å²) in [6, 6.07) is 12.7. The largest absolute Gasteiger partial charge is 0.372 e. The number of nitrogens with zero attached hydrogens (tertiary/aromatic N) is 2. The van der Waals surface area contributed by atoms with Gasteiger partial charge in [-0.3, -0.25) is 4.98 Å². The summed E-state index contributed by atoms with van der Waals surface area (Å²) in [6.07, 6.45) is 4.27. The highest BCUT2D eigenvalue weighted by molar-refractivity contribution is 6.02. The van der Waals surface area contributed by atoms with E-state index < -0.39 is 0 Å². The first-order chi connectivity index (χ1) is 12.5. The van der Waals surface area contributed by atoms with Gasteiger partial charge in [0.25, 0.3) is 0 Å². The van der Waals surface area contributed by atoms with Gasteiger partial charge < -0.3 is 4.74 Å². The van der Waals surface area contributed by atoms with E-state index >= 15 is 0 Å². The molecular weight excluding hydrogens is 320 g/mol. The Bertz CT molecular complexity index is 1010. The van der Waals surface area contributed by atoms with E-state index in [0.717, 1.165) is 39.8 Å². The fourth-order valence-electron chi connectivity index (χ4n) is 5.72. The molecule has 5 rings (SSSR count). The predicted octanol–water partition coefficient (Wildman–Crippen LogP) is 5.33. The molecular formula is C23H26N2O. The van der Waals surface area contributed by atoms with E-state index in [1.54, 1.807) is 0 Å². The fraction of sp³-hybridized carbons (Fsp3) is 0.478. The van der Waals surface area contributed by atoms with Crippen molar-refractivity contribution in [3.63, 3.8) is 0 Å². The maximum Gasteiger partial charge on any atom is 0.113 e. The van der Waals surface area contributed by atoms with Crippen molar-refractivity contribution in [1.82, 2.24) is 9.97 Å². The van der Waals surface area contributed by atoms with Crippen LogP contribution in [0.1, 0.15) is 39.3 Å². The number of pyridine rings is 2. The fourth-order valence-corrected chi connectivity index (χ4v) is 5.72. The van der Waals surface area contributed by atoms with E-state index in [-0.39, 0.29) is 5.60 Å². The number of aromatic nitrogens is 2. The van der Waals surface area contributed by atoms with Gasteiger partial charge in [0.05, 0.1) is 16.7 Å². The number of hydrogen-bond donors (Lipinski definition) is 0. The molecule has 2 aliphatic carbocycles. The Morgan fingerprint density at radius 1 is 1.08 bits per heavy atom. The Morgan fingerprint density at radius 2 is 1.81 bits per heavy atom. The molecule has 0 radical (unpaired) electrons. The monoisotopic (exact) mass is 346 g/mol. The first-order valence-electron chi connectivity index (χ1n) is 9.72. The zero-order valence-corrected chi connectivity index (χ0v) is 16.0. The zero-order valence-electron chi connectivity index (χ0n) is 16.0. The third kappa shape index (κ3) is 1.92. The second-order valence-electron chi connectivity index (χ2n) is 8.67. The standard InChI is InChI=1S/C23H26N2O/c1-14(2)22-12-18(22)15(3)23(13-22,26-4)19-10-9-17-8-7-16-6-5-11-24-20(16)21(17)25-19/h5-11,14-15,18H,12-13H2,1-4H3/t15-,18+,22-,23+/m0/s1. The topological polar surface area (TPSA) is 35.0 Å². The second kappa shape index (κ2) is 5.26. The van der Waals surface area contributed by atoms with Gasteiger partial charge in [0.1, 0.15) is 5.60 Å². The molecule has 4 atom stereocenters. The van der Waals surface area contributed by atoms with Gasteiger partial charge >= 0.3 is 0 Å². The summed E-state index contributed by atoms with van der Waals surface area (Å²) < 4.78 is 6.25. The van der Waals surface area contributed by atoms with Crippen molar-refractivity contribution in [3.05, 3.63) is 48.3 Å². The number of methoxy groups -OCH3 is 1. The molecule has 2 saturated carbocycles. The Balaban J connectivity index is 1.69. The van der Waals surface area contributed by atoms with Crippen LogP contribution in [-0.2, 0) is 10.3 Å². The summed E-state index contributed by atoms with van der Waals surface area (Å²) in [7, 11) is 1.86. The van der Waals surface area contributed by atoms with E-state index in [2.05, 4.69) is 56.1 Å². The smallest absolute Gasteiger partial charge is 0.113 e. The molecule has 2 fully saturated rings. The second-order valence-corrected chi connectivity index (χ2v) is 8.67. The lowest BCUT2D eigenvalue weighted by molar-refractivity contribution is -0.0627. The Labute approximate surface area is 154 Å². The third-order valence-electron chi connectivity index (χ3n) is 7.49. The van der Waals surface area contributed by atoms with Gasteiger partial charge in [-0.05, 0) is 48.1 Å². The van der Waals surface area contributed by atoms with Crippen molar-refractivity contribution in [1.29, 1.82) is 0 Å². The molecule has 0 aliphatic heterocycles. The average molecular weight is 346 g/mol. The molecule has 0 amide bonds. The Kier molecular flexibility index (Phi) is 3.28. The van der Waals surface area contributed by atoms with Gasteiger partial charge in [0.2, 0.25) is 0 Å². The van der Waals surface area contributed by atoms with Crippen molar-refractivity contribution in [2.75, 3.05) is 7.11 Å². The zero-order chi connectivity index (χ0) is 18.1. The number of benzene rings is 1. The Hall–Kier alpha value is -2.00. The highest BCUT2D eigenvalue weighted by atomic mass is 16.5. The molecule has 0 N–H and O–H groups in total. The van der Waals surface area contributed by atoms with Crippen molar-refractivity contribution < 1.29 is 4.74 Å². The molecule has 0 spiro atoms. The molecule has 0 saturated heterocycles. The highest BCUT2D eigenvalue weighted by Crippen LogP contribution is 2.75. The number of fused-ring (bicyclic) bond motifs is 4. The van der Waals surface area contributed by atoms with Gasteiger partial charge in [-0.2, -0.15) is 0 Å². The van der Waals surface area contributed by atoms with E-state index in [1.807, 2.05) is 19.4 Å². The number of ether oxygens (including phenoxy) is 1. The lowest BCUT2D eigenvalue weighted by Gasteiger charge is -2.35. The van der Waals surface area contributed by atoms with E-state index in [0.29, 0.717) is 17.3 Å². The summed E-state index contributed by atoms with van der Waals surface area (Å²) in [5, 5.41) is 2.28. The highest BCUT2D eigenvalue weighted by Gasteiger charge is 2.71. The van der Waals surface area contributed by atoms with Gasteiger partial charge in [0.15, 0.2) is 0 Å². The minimum atomic E-state index is -0.279. The molecule has 2 aliphatic rings. The van der Waals surface area contributed by atoms with Crippen LogP contribution in [0.25, 0.3) is 21.8 Å². The van der Waals surface area contributed by atoms with Crippen LogP contribution >= 0.6 is 0 Å². The molecule has 3 aromatic rings. The van der Waals surface area contributed by atoms with Crippen molar-refractivity contribution >= 4 is 21.8 Å². The minimum Gasteiger partial charge on any atom is -0.372 e. The normalized spacial score (nSPS) is 33.1. The molecule has 134 valence electrons. The van der Waals surface area contributed by atoms with Crippen molar-refractivity contribution in [3.8, 4) is 0 Å². The maximum atomic E-state index is 6.25. The summed E-state index contributed by atoms with van der Waals surface area (Å²) >= 11 is 0. The summed E-state index contributed by atoms with van der Waals surface area (Å²) in [6.45, 7) is 7.09. The lowest BCUT2D eigenvalue weighted by Crippen LogP contribution is -2.35.